The Kier molecular flexibility index (Phi) is 12.9. The fourth-order valence-electron chi connectivity index (χ4n) is 5.94. The first-order valence-electron chi connectivity index (χ1n) is 17.7. The van der Waals surface area contributed by atoms with Crippen molar-refractivity contribution in [3.8, 4) is 5.75 Å². The second-order valence-corrected chi connectivity index (χ2v) is 20.9. The van der Waals surface area contributed by atoms with Crippen LogP contribution in [0.25, 0.3) is 10.8 Å². The molecular formula is C41H52N2O7Si. The Morgan fingerprint density at radius 3 is 2.35 bits per heavy atom. The smallest absolute Gasteiger partial charge is 0.467 e. The van der Waals surface area contributed by atoms with Gasteiger partial charge in [0.2, 0.25) is 0 Å². The number of piperidine rings is 1. The molecule has 2 atom stereocenters. The first-order valence-corrected chi connectivity index (χ1v) is 21.5. The van der Waals surface area contributed by atoms with Crippen molar-refractivity contribution in [3.63, 3.8) is 0 Å². The van der Waals surface area contributed by atoms with Gasteiger partial charge in [-0.1, -0.05) is 86.4 Å². The Morgan fingerprint density at radius 1 is 0.902 bits per heavy atom. The molecule has 4 aromatic carbocycles. The van der Waals surface area contributed by atoms with Gasteiger partial charge in [-0.2, -0.15) is 0 Å². The first kappa shape index (κ1) is 38.0. The Morgan fingerprint density at radius 2 is 1.63 bits per heavy atom. The lowest BCUT2D eigenvalue weighted by molar-refractivity contribution is -0.179. The monoisotopic (exact) mass is 712 g/mol. The number of amides is 1. The van der Waals surface area contributed by atoms with Crippen molar-refractivity contribution in [1.82, 2.24) is 10.4 Å². The number of hydroxylamine groups is 2. The highest BCUT2D eigenvalue weighted by Gasteiger charge is 2.34. The van der Waals surface area contributed by atoms with Crippen molar-refractivity contribution >= 4 is 30.9 Å². The fourth-order valence-corrected chi connectivity index (χ4v) is 6.69. The van der Waals surface area contributed by atoms with E-state index in [4.69, 9.17) is 23.8 Å². The van der Waals surface area contributed by atoms with Crippen LogP contribution in [-0.2, 0) is 32.2 Å². The molecule has 0 bridgehead atoms. The standard InChI is InChI=1S/C41H52N2O7Si/c1-41(2,3)49-40(45)50-43-21-20-36(32-18-16-30(17-19-32)26-42-39(44)33-12-8-7-9-13-33)38(27-43)47-28-31-24-34-14-10-11-15-35(34)37(25-31)48-29-46-22-23-51(4,5)6/h7-19,24-25,36,38H,20-23,26-29H2,1-6H3,(H,42,44). The molecule has 1 N–H and O–H groups in total. The summed E-state index contributed by atoms with van der Waals surface area (Å²) in [4.78, 5) is 30.7. The molecule has 51 heavy (non-hydrogen) atoms. The van der Waals surface area contributed by atoms with E-state index in [9.17, 15) is 9.59 Å². The van der Waals surface area contributed by atoms with E-state index < -0.39 is 19.8 Å². The van der Waals surface area contributed by atoms with Gasteiger partial charge in [-0.05, 0) is 79.6 Å². The molecule has 1 aliphatic heterocycles. The number of benzene rings is 4. The van der Waals surface area contributed by atoms with Crippen LogP contribution in [0.5, 0.6) is 5.75 Å². The van der Waals surface area contributed by atoms with Crippen LogP contribution < -0.4 is 10.1 Å². The highest BCUT2D eigenvalue weighted by atomic mass is 28.3. The number of carbonyl (C=O) groups is 2. The number of hydrogen-bond donors (Lipinski definition) is 1. The van der Waals surface area contributed by atoms with Gasteiger partial charge in [-0.25, -0.2) is 4.79 Å². The molecule has 0 saturated carbocycles. The van der Waals surface area contributed by atoms with Gasteiger partial charge in [0.25, 0.3) is 5.91 Å². The van der Waals surface area contributed by atoms with Crippen LogP contribution in [0, 0.1) is 0 Å². The third kappa shape index (κ3) is 11.9. The number of rotatable bonds is 14. The molecule has 0 radical (unpaired) electrons. The largest absolute Gasteiger partial charge is 0.528 e. The maximum absolute atomic E-state index is 12.6. The quantitative estimate of drug-likeness (QED) is 0.0601. The zero-order valence-electron chi connectivity index (χ0n) is 30.8. The normalized spacial score (nSPS) is 16.8. The molecule has 1 amide bonds. The molecular weight excluding hydrogens is 661 g/mol. The molecule has 4 aromatic rings. The summed E-state index contributed by atoms with van der Waals surface area (Å²) in [5, 5.41) is 6.70. The van der Waals surface area contributed by atoms with Gasteiger partial charge in [0.15, 0.2) is 6.79 Å². The summed E-state index contributed by atoms with van der Waals surface area (Å²) in [5.41, 5.74) is 3.06. The van der Waals surface area contributed by atoms with Crippen LogP contribution in [0.3, 0.4) is 0 Å². The zero-order valence-corrected chi connectivity index (χ0v) is 31.8. The lowest BCUT2D eigenvalue weighted by Gasteiger charge is -2.37. The Hall–Kier alpha value is -4.22. The van der Waals surface area contributed by atoms with Crippen LogP contribution >= 0.6 is 0 Å². The number of nitrogens with zero attached hydrogens (tertiary/aromatic N) is 1. The topological polar surface area (TPSA) is 95.6 Å². The minimum Gasteiger partial charge on any atom is -0.467 e. The van der Waals surface area contributed by atoms with Gasteiger partial charge in [0.05, 0.1) is 19.3 Å². The average Bonchev–Trinajstić information content (AvgIpc) is 3.09. The summed E-state index contributed by atoms with van der Waals surface area (Å²) in [5.74, 6) is 0.694. The molecule has 272 valence electrons. The Labute approximate surface area is 303 Å². The van der Waals surface area contributed by atoms with Crippen molar-refractivity contribution in [2.75, 3.05) is 26.5 Å². The van der Waals surface area contributed by atoms with E-state index >= 15 is 0 Å². The van der Waals surface area contributed by atoms with E-state index in [1.54, 1.807) is 17.2 Å². The van der Waals surface area contributed by atoms with Crippen LogP contribution in [-0.4, -0.2) is 63.4 Å². The number of fused-ring (bicyclic) bond motifs is 1. The second kappa shape index (κ2) is 17.3. The third-order valence-corrected chi connectivity index (χ3v) is 10.4. The van der Waals surface area contributed by atoms with Crippen LogP contribution in [0.2, 0.25) is 25.7 Å². The lowest BCUT2D eigenvalue weighted by atomic mass is 9.87. The number of nitrogens with one attached hydrogen (secondary N) is 1. The minimum atomic E-state index is -1.19. The highest BCUT2D eigenvalue weighted by Crippen LogP contribution is 2.33. The molecule has 5 rings (SSSR count). The SMILES string of the molecule is CC(C)(C)OC(=O)ON1CCC(c2ccc(CNC(=O)c3ccccc3)cc2)C(OCc2cc(OCOCC[Si](C)(C)C)c3ccccc3c2)C1. The highest BCUT2D eigenvalue weighted by molar-refractivity contribution is 6.76. The molecule has 1 heterocycles. The summed E-state index contributed by atoms with van der Waals surface area (Å²) in [6, 6.07) is 30.8. The lowest BCUT2D eigenvalue weighted by Crippen LogP contribution is -2.45. The van der Waals surface area contributed by atoms with E-state index in [0.29, 0.717) is 44.8 Å². The van der Waals surface area contributed by atoms with Crippen LogP contribution in [0.4, 0.5) is 4.79 Å². The van der Waals surface area contributed by atoms with Crippen molar-refractivity contribution in [2.24, 2.45) is 0 Å². The third-order valence-electron chi connectivity index (χ3n) is 8.65. The van der Waals surface area contributed by atoms with Crippen LogP contribution in [0.15, 0.2) is 91.0 Å². The summed E-state index contributed by atoms with van der Waals surface area (Å²) in [7, 11) is -1.19. The molecule has 10 heteroatoms. The number of carbonyl (C=O) groups excluding carboxylic acids is 2. The van der Waals surface area contributed by atoms with Gasteiger partial charge >= 0.3 is 6.16 Å². The average molecular weight is 713 g/mol. The number of ether oxygens (including phenoxy) is 4. The summed E-state index contributed by atoms with van der Waals surface area (Å²) in [6.45, 7) is 15.0. The van der Waals surface area contributed by atoms with E-state index in [0.717, 1.165) is 39.3 Å². The van der Waals surface area contributed by atoms with Crippen LogP contribution in [0.1, 0.15) is 60.2 Å². The maximum atomic E-state index is 12.6. The molecule has 0 spiro atoms. The van der Waals surface area contributed by atoms with Gasteiger partial charge in [-0.15, -0.1) is 5.06 Å². The van der Waals surface area contributed by atoms with Gasteiger partial charge in [0, 0.05) is 44.6 Å². The van der Waals surface area contributed by atoms with E-state index in [1.807, 2.05) is 69.3 Å². The summed E-state index contributed by atoms with van der Waals surface area (Å²) in [6.07, 6.45) is -0.311. The minimum absolute atomic E-state index is 0.0485. The van der Waals surface area contributed by atoms with E-state index in [-0.39, 0.29) is 24.7 Å². The molecule has 0 aromatic heterocycles. The summed E-state index contributed by atoms with van der Waals surface area (Å²) < 4.78 is 24.1. The fraction of sp³-hybridized carbons (Fsp3) is 0.415. The summed E-state index contributed by atoms with van der Waals surface area (Å²) >= 11 is 0. The van der Waals surface area contributed by atoms with Gasteiger partial charge in [0.1, 0.15) is 11.4 Å². The van der Waals surface area contributed by atoms with Gasteiger partial charge < -0.3 is 29.1 Å². The zero-order chi connectivity index (χ0) is 36.4. The second-order valence-electron chi connectivity index (χ2n) is 15.3. The van der Waals surface area contributed by atoms with E-state index in [2.05, 4.69) is 55.3 Å². The molecule has 9 nitrogen and oxygen atoms in total. The molecule has 1 saturated heterocycles. The molecule has 2 unspecified atom stereocenters. The predicted octanol–water partition coefficient (Wildman–Crippen LogP) is 8.70. The van der Waals surface area contributed by atoms with Crippen molar-refractivity contribution in [1.29, 1.82) is 0 Å². The first-order chi connectivity index (χ1) is 24.3. The van der Waals surface area contributed by atoms with Crippen molar-refractivity contribution < 1.29 is 33.4 Å². The van der Waals surface area contributed by atoms with Crippen molar-refractivity contribution in [2.45, 2.75) is 83.7 Å². The van der Waals surface area contributed by atoms with E-state index in [1.165, 1.54) is 0 Å². The Balaban J connectivity index is 1.28. The number of hydrogen-bond acceptors (Lipinski definition) is 8. The molecule has 0 aliphatic carbocycles. The molecule has 1 aliphatic rings. The predicted molar refractivity (Wildman–Crippen MR) is 202 cm³/mol. The molecule has 1 fully saturated rings. The van der Waals surface area contributed by atoms with Crippen molar-refractivity contribution in [3.05, 3.63) is 113 Å². The maximum Gasteiger partial charge on any atom is 0.528 e. The Bertz CT molecular complexity index is 1740. The van der Waals surface area contributed by atoms with Gasteiger partial charge in [-0.3, -0.25) is 4.79 Å².